The van der Waals surface area contributed by atoms with Crippen LogP contribution in [0.2, 0.25) is 5.15 Å². The molecule has 0 bridgehead atoms. The molecule has 1 heterocycles. The first-order valence-electron chi connectivity index (χ1n) is 5.07. The van der Waals surface area contributed by atoms with Crippen LogP contribution in [0.4, 0.5) is 17.2 Å². The summed E-state index contributed by atoms with van der Waals surface area (Å²) in [5.41, 5.74) is 1.35. The van der Waals surface area contributed by atoms with Crippen LogP contribution in [0.25, 0.3) is 0 Å². The number of hydrogen-bond donors (Lipinski definition) is 1. The SMILES string of the molecule is Cc1ccccc1Nc1ncnc(Cl)c1[N+](=O)[O-]. The van der Waals surface area contributed by atoms with Crippen molar-refractivity contribution in [2.45, 2.75) is 6.92 Å². The number of anilines is 2. The van der Waals surface area contributed by atoms with Crippen molar-refractivity contribution < 1.29 is 4.92 Å². The number of aromatic nitrogens is 2. The van der Waals surface area contributed by atoms with E-state index in [1.807, 2.05) is 25.1 Å². The molecule has 0 atom stereocenters. The number of para-hydroxylation sites is 1. The molecule has 1 aromatic heterocycles. The number of nitrogens with zero attached hydrogens (tertiary/aromatic N) is 3. The highest BCUT2D eigenvalue weighted by molar-refractivity contribution is 6.31. The van der Waals surface area contributed by atoms with Gasteiger partial charge >= 0.3 is 5.69 Å². The van der Waals surface area contributed by atoms with Gasteiger partial charge in [-0.1, -0.05) is 29.8 Å². The van der Waals surface area contributed by atoms with E-state index in [4.69, 9.17) is 11.6 Å². The molecule has 2 aromatic rings. The average molecular weight is 265 g/mol. The quantitative estimate of drug-likeness (QED) is 0.523. The number of halogens is 1. The number of aryl methyl sites for hydroxylation is 1. The van der Waals surface area contributed by atoms with Crippen molar-refractivity contribution in [1.29, 1.82) is 0 Å². The zero-order valence-corrected chi connectivity index (χ0v) is 10.2. The summed E-state index contributed by atoms with van der Waals surface area (Å²) in [6, 6.07) is 7.39. The second-order valence-electron chi connectivity index (χ2n) is 3.56. The Kier molecular flexibility index (Phi) is 3.38. The first-order valence-corrected chi connectivity index (χ1v) is 5.45. The molecule has 6 nitrogen and oxygen atoms in total. The molecule has 0 aliphatic heterocycles. The average Bonchev–Trinajstić information content (AvgIpc) is 2.31. The first-order chi connectivity index (χ1) is 8.59. The Morgan fingerprint density at radius 1 is 1.33 bits per heavy atom. The Balaban J connectivity index is 2.44. The van der Waals surface area contributed by atoms with Crippen LogP contribution < -0.4 is 5.32 Å². The molecule has 2 rings (SSSR count). The number of nitrogens with one attached hydrogen (secondary N) is 1. The van der Waals surface area contributed by atoms with E-state index in [-0.39, 0.29) is 16.7 Å². The molecular weight excluding hydrogens is 256 g/mol. The molecule has 0 spiro atoms. The third-order valence-corrected chi connectivity index (χ3v) is 2.63. The highest BCUT2D eigenvalue weighted by Gasteiger charge is 2.21. The van der Waals surface area contributed by atoms with E-state index in [0.29, 0.717) is 0 Å². The van der Waals surface area contributed by atoms with E-state index in [1.165, 1.54) is 6.33 Å². The van der Waals surface area contributed by atoms with E-state index in [1.54, 1.807) is 6.07 Å². The number of nitro groups is 1. The predicted octanol–water partition coefficient (Wildman–Crippen LogP) is 3.09. The summed E-state index contributed by atoms with van der Waals surface area (Å²) < 4.78 is 0. The molecule has 0 radical (unpaired) electrons. The van der Waals surface area contributed by atoms with Crippen molar-refractivity contribution in [3.8, 4) is 0 Å². The molecular formula is C11H9ClN4O2. The maximum atomic E-state index is 10.9. The highest BCUT2D eigenvalue weighted by Crippen LogP contribution is 2.31. The second-order valence-corrected chi connectivity index (χ2v) is 3.92. The topological polar surface area (TPSA) is 81.0 Å². The van der Waals surface area contributed by atoms with Crippen LogP contribution >= 0.6 is 11.6 Å². The Morgan fingerprint density at radius 2 is 2.06 bits per heavy atom. The largest absolute Gasteiger partial charge is 0.348 e. The summed E-state index contributed by atoms with van der Waals surface area (Å²) in [4.78, 5) is 17.8. The molecule has 0 amide bonds. The van der Waals surface area contributed by atoms with Crippen LogP contribution in [-0.4, -0.2) is 14.9 Å². The standard InChI is InChI=1S/C11H9ClN4O2/c1-7-4-2-3-5-8(7)15-11-9(16(17)18)10(12)13-6-14-11/h2-6H,1H3,(H,13,14,15). The van der Waals surface area contributed by atoms with E-state index in [0.717, 1.165) is 11.3 Å². The van der Waals surface area contributed by atoms with Crippen molar-refractivity contribution in [1.82, 2.24) is 9.97 Å². The van der Waals surface area contributed by atoms with Gasteiger partial charge in [-0.05, 0) is 18.6 Å². The highest BCUT2D eigenvalue weighted by atomic mass is 35.5. The Bertz CT molecular complexity index is 603. The third kappa shape index (κ3) is 2.38. The van der Waals surface area contributed by atoms with Gasteiger partial charge in [-0.25, -0.2) is 9.97 Å². The lowest BCUT2D eigenvalue weighted by molar-refractivity contribution is -0.384. The van der Waals surface area contributed by atoms with Gasteiger partial charge in [-0.3, -0.25) is 10.1 Å². The van der Waals surface area contributed by atoms with Crippen LogP contribution in [0.3, 0.4) is 0 Å². The Hall–Kier alpha value is -2.21. The summed E-state index contributed by atoms with van der Waals surface area (Å²) in [5, 5.41) is 13.6. The van der Waals surface area contributed by atoms with Gasteiger partial charge < -0.3 is 5.32 Å². The zero-order valence-electron chi connectivity index (χ0n) is 9.42. The minimum atomic E-state index is -0.608. The van der Waals surface area contributed by atoms with E-state index < -0.39 is 4.92 Å². The molecule has 0 fully saturated rings. The van der Waals surface area contributed by atoms with Crippen molar-refractivity contribution in [3.05, 3.63) is 51.4 Å². The van der Waals surface area contributed by atoms with Crippen molar-refractivity contribution in [2.75, 3.05) is 5.32 Å². The Labute approximate surface area is 108 Å². The molecule has 18 heavy (non-hydrogen) atoms. The van der Waals surface area contributed by atoms with E-state index >= 15 is 0 Å². The van der Waals surface area contributed by atoms with Gasteiger partial charge in [0.15, 0.2) is 0 Å². The van der Waals surface area contributed by atoms with E-state index in [2.05, 4.69) is 15.3 Å². The van der Waals surface area contributed by atoms with Crippen molar-refractivity contribution >= 4 is 28.8 Å². The monoisotopic (exact) mass is 264 g/mol. The van der Waals surface area contributed by atoms with Gasteiger partial charge in [0, 0.05) is 5.69 Å². The normalized spacial score (nSPS) is 10.1. The molecule has 0 saturated carbocycles. The fourth-order valence-electron chi connectivity index (χ4n) is 1.45. The van der Waals surface area contributed by atoms with E-state index in [9.17, 15) is 10.1 Å². The molecule has 0 aliphatic carbocycles. The van der Waals surface area contributed by atoms with Crippen LogP contribution in [0.5, 0.6) is 0 Å². The van der Waals surface area contributed by atoms with Gasteiger partial charge in [0.2, 0.25) is 11.0 Å². The molecule has 1 N–H and O–H groups in total. The van der Waals surface area contributed by atoms with Crippen molar-refractivity contribution in [2.24, 2.45) is 0 Å². The van der Waals surface area contributed by atoms with Gasteiger partial charge in [-0.2, -0.15) is 0 Å². The third-order valence-electron chi connectivity index (χ3n) is 2.36. The molecule has 0 aliphatic rings. The summed E-state index contributed by atoms with van der Waals surface area (Å²) in [7, 11) is 0. The van der Waals surface area contributed by atoms with Crippen LogP contribution in [-0.2, 0) is 0 Å². The second kappa shape index (κ2) is 4.97. The minimum Gasteiger partial charge on any atom is -0.334 e. The lowest BCUT2D eigenvalue weighted by Crippen LogP contribution is -2.02. The van der Waals surface area contributed by atoms with Crippen LogP contribution in [0.15, 0.2) is 30.6 Å². The van der Waals surface area contributed by atoms with Crippen molar-refractivity contribution in [3.63, 3.8) is 0 Å². The summed E-state index contributed by atoms with van der Waals surface area (Å²) >= 11 is 5.70. The number of rotatable bonds is 3. The van der Waals surface area contributed by atoms with Gasteiger partial charge in [0.05, 0.1) is 4.92 Å². The fourth-order valence-corrected chi connectivity index (χ4v) is 1.65. The van der Waals surface area contributed by atoms with Crippen LogP contribution in [0.1, 0.15) is 5.56 Å². The number of hydrogen-bond acceptors (Lipinski definition) is 5. The Morgan fingerprint density at radius 3 is 2.72 bits per heavy atom. The maximum absolute atomic E-state index is 10.9. The first kappa shape index (κ1) is 12.3. The summed E-state index contributed by atoms with van der Waals surface area (Å²) in [6.07, 6.45) is 1.18. The predicted molar refractivity (Wildman–Crippen MR) is 68.2 cm³/mol. The maximum Gasteiger partial charge on any atom is 0.348 e. The lowest BCUT2D eigenvalue weighted by atomic mass is 10.2. The van der Waals surface area contributed by atoms with Crippen LogP contribution in [0, 0.1) is 17.0 Å². The molecule has 92 valence electrons. The van der Waals surface area contributed by atoms with Gasteiger partial charge in [0.25, 0.3) is 0 Å². The van der Waals surface area contributed by atoms with Gasteiger partial charge in [0.1, 0.15) is 6.33 Å². The van der Waals surface area contributed by atoms with Gasteiger partial charge in [-0.15, -0.1) is 0 Å². The fraction of sp³-hybridized carbons (Fsp3) is 0.0909. The molecule has 1 aromatic carbocycles. The minimum absolute atomic E-state index is 0.0781. The number of benzene rings is 1. The zero-order chi connectivity index (χ0) is 13.1. The summed E-state index contributed by atoms with van der Waals surface area (Å²) in [6.45, 7) is 1.89. The smallest absolute Gasteiger partial charge is 0.334 e. The lowest BCUT2D eigenvalue weighted by Gasteiger charge is -2.08. The molecule has 0 unspecified atom stereocenters. The molecule has 0 saturated heterocycles. The molecule has 7 heteroatoms. The summed E-state index contributed by atoms with van der Waals surface area (Å²) in [5.74, 6) is 0.0781.